The summed E-state index contributed by atoms with van der Waals surface area (Å²) in [6, 6.07) is 17.2. The first-order valence-corrected chi connectivity index (χ1v) is 9.37. The van der Waals surface area contributed by atoms with E-state index in [1.165, 1.54) is 0 Å². The zero-order valence-corrected chi connectivity index (χ0v) is 15.5. The first-order chi connectivity index (χ1) is 12.7. The van der Waals surface area contributed by atoms with Gasteiger partial charge in [-0.3, -0.25) is 9.20 Å². The Morgan fingerprint density at radius 2 is 1.73 bits per heavy atom. The number of rotatable bonds is 5. The molecule has 26 heavy (non-hydrogen) atoms. The molecule has 0 unspecified atom stereocenters. The molecule has 6 nitrogen and oxygen atoms in total. The van der Waals surface area contributed by atoms with Crippen molar-refractivity contribution in [1.82, 2.24) is 24.1 Å². The number of nitrogens with zero attached hydrogens (tertiary/aromatic N) is 5. The van der Waals surface area contributed by atoms with Crippen LogP contribution in [-0.4, -0.2) is 50.5 Å². The zero-order chi connectivity index (χ0) is 18.1. The van der Waals surface area contributed by atoms with Crippen LogP contribution in [0.4, 0.5) is 0 Å². The van der Waals surface area contributed by atoms with E-state index in [1.807, 2.05) is 73.1 Å². The maximum atomic E-state index is 13.1. The Labute approximate surface area is 155 Å². The molecule has 0 N–H and O–H groups in total. The summed E-state index contributed by atoms with van der Waals surface area (Å²) in [6.07, 6.45) is 0. The number of hydrogen-bond donors (Lipinski definition) is 0. The van der Waals surface area contributed by atoms with Crippen LogP contribution in [0, 0.1) is 0 Å². The van der Waals surface area contributed by atoms with Crippen molar-refractivity contribution >= 4 is 28.4 Å². The van der Waals surface area contributed by atoms with Gasteiger partial charge in [-0.25, -0.2) is 4.57 Å². The molecule has 0 amide bonds. The molecule has 0 spiro atoms. The summed E-state index contributed by atoms with van der Waals surface area (Å²) < 4.78 is 3.61. The topological polar surface area (TPSA) is 55.4 Å². The number of para-hydroxylation sites is 2. The molecule has 0 atom stereocenters. The van der Waals surface area contributed by atoms with Gasteiger partial charge in [0.25, 0.3) is 5.56 Å². The molecule has 2 aromatic carbocycles. The van der Waals surface area contributed by atoms with Gasteiger partial charge in [0.15, 0.2) is 5.16 Å². The van der Waals surface area contributed by atoms with E-state index in [4.69, 9.17) is 0 Å². The average molecular weight is 365 g/mol. The highest BCUT2D eigenvalue weighted by molar-refractivity contribution is 7.99. The molecular weight excluding hydrogens is 346 g/mol. The van der Waals surface area contributed by atoms with E-state index in [0.717, 1.165) is 28.7 Å². The molecule has 2 heterocycles. The van der Waals surface area contributed by atoms with Crippen molar-refractivity contribution in [3.63, 3.8) is 0 Å². The van der Waals surface area contributed by atoms with Crippen LogP contribution in [0.15, 0.2) is 64.5 Å². The van der Waals surface area contributed by atoms with E-state index in [1.54, 1.807) is 16.3 Å². The van der Waals surface area contributed by atoms with E-state index in [9.17, 15) is 4.79 Å². The highest BCUT2D eigenvalue weighted by Crippen LogP contribution is 2.23. The summed E-state index contributed by atoms with van der Waals surface area (Å²) in [5.41, 5.74) is 1.53. The van der Waals surface area contributed by atoms with Crippen LogP contribution < -0.4 is 5.56 Å². The Hall–Kier alpha value is -2.64. The third-order valence-electron chi connectivity index (χ3n) is 4.18. The molecule has 4 aromatic rings. The van der Waals surface area contributed by atoms with Gasteiger partial charge in [-0.05, 0) is 38.4 Å². The van der Waals surface area contributed by atoms with Gasteiger partial charge in [-0.1, -0.05) is 42.1 Å². The van der Waals surface area contributed by atoms with E-state index < -0.39 is 0 Å². The fourth-order valence-electron chi connectivity index (χ4n) is 2.90. The summed E-state index contributed by atoms with van der Waals surface area (Å²) in [6.45, 7) is 0.940. The second-order valence-electron chi connectivity index (χ2n) is 6.26. The summed E-state index contributed by atoms with van der Waals surface area (Å²) in [5, 5.41) is 10.2. The predicted octanol–water partition coefficient (Wildman–Crippen LogP) is 2.69. The SMILES string of the molecule is CN(C)CCSc1nnc2n(-c3ccccc3)c(=O)c3ccccc3n12. The molecule has 2 aromatic heterocycles. The first-order valence-electron chi connectivity index (χ1n) is 8.38. The Morgan fingerprint density at radius 3 is 2.50 bits per heavy atom. The lowest BCUT2D eigenvalue weighted by molar-refractivity contribution is 0.437. The molecule has 0 bridgehead atoms. The van der Waals surface area contributed by atoms with Crippen LogP contribution in [0.3, 0.4) is 0 Å². The smallest absolute Gasteiger partial charge is 0.267 e. The third-order valence-corrected chi connectivity index (χ3v) is 5.09. The standard InChI is InChI=1S/C19H19N5OS/c1-22(2)12-13-26-19-21-20-18-23(14-8-4-3-5-9-14)17(25)15-10-6-7-11-16(15)24(18)19/h3-11H,12-13H2,1-2H3. The largest absolute Gasteiger partial charge is 0.309 e. The number of benzene rings is 2. The minimum atomic E-state index is -0.0865. The van der Waals surface area contributed by atoms with Crippen LogP contribution in [0.2, 0.25) is 0 Å². The van der Waals surface area contributed by atoms with Gasteiger partial charge in [0.2, 0.25) is 5.78 Å². The summed E-state index contributed by atoms with van der Waals surface area (Å²) >= 11 is 1.64. The number of thioether (sulfide) groups is 1. The molecule has 0 aliphatic heterocycles. The fourth-order valence-corrected chi connectivity index (χ4v) is 3.95. The predicted molar refractivity (Wildman–Crippen MR) is 105 cm³/mol. The van der Waals surface area contributed by atoms with Gasteiger partial charge < -0.3 is 4.90 Å². The highest BCUT2D eigenvalue weighted by Gasteiger charge is 2.17. The van der Waals surface area contributed by atoms with Crippen LogP contribution in [0.5, 0.6) is 0 Å². The third kappa shape index (κ3) is 2.89. The van der Waals surface area contributed by atoms with E-state index in [0.29, 0.717) is 11.2 Å². The molecular formula is C19H19N5OS. The van der Waals surface area contributed by atoms with Gasteiger partial charge in [-0.2, -0.15) is 0 Å². The number of aromatic nitrogens is 4. The van der Waals surface area contributed by atoms with Crippen molar-refractivity contribution in [3.8, 4) is 5.69 Å². The van der Waals surface area contributed by atoms with Crippen LogP contribution >= 0.6 is 11.8 Å². The molecule has 0 fully saturated rings. The lowest BCUT2D eigenvalue weighted by Gasteiger charge is -2.11. The molecule has 7 heteroatoms. The Kier molecular flexibility index (Phi) is 4.48. The zero-order valence-electron chi connectivity index (χ0n) is 14.7. The molecule has 0 aliphatic carbocycles. The molecule has 0 radical (unpaired) electrons. The van der Waals surface area contributed by atoms with Crippen LogP contribution in [0.1, 0.15) is 0 Å². The minimum absolute atomic E-state index is 0.0865. The quantitative estimate of drug-likeness (QED) is 0.509. The van der Waals surface area contributed by atoms with Crippen molar-refractivity contribution in [3.05, 3.63) is 65.0 Å². The number of hydrogen-bond acceptors (Lipinski definition) is 5. The Morgan fingerprint density at radius 1 is 1.00 bits per heavy atom. The van der Waals surface area contributed by atoms with Gasteiger partial charge >= 0.3 is 0 Å². The van der Waals surface area contributed by atoms with Gasteiger partial charge in [0.05, 0.1) is 16.6 Å². The Balaban J connectivity index is 1.98. The molecule has 4 rings (SSSR count). The number of fused-ring (bicyclic) bond motifs is 3. The second kappa shape index (κ2) is 6.93. The lowest BCUT2D eigenvalue weighted by Crippen LogP contribution is -2.21. The van der Waals surface area contributed by atoms with Gasteiger partial charge in [-0.15, -0.1) is 10.2 Å². The second-order valence-corrected chi connectivity index (χ2v) is 7.33. The van der Waals surface area contributed by atoms with Crippen molar-refractivity contribution in [2.24, 2.45) is 0 Å². The van der Waals surface area contributed by atoms with Crippen LogP contribution in [-0.2, 0) is 0 Å². The van der Waals surface area contributed by atoms with E-state index in [-0.39, 0.29) is 5.56 Å². The summed E-state index contributed by atoms with van der Waals surface area (Å²) in [7, 11) is 4.09. The molecule has 0 saturated heterocycles. The van der Waals surface area contributed by atoms with Crippen molar-refractivity contribution in [2.75, 3.05) is 26.4 Å². The highest BCUT2D eigenvalue weighted by atomic mass is 32.2. The van der Waals surface area contributed by atoms with Crippen molar-refractivity contribution in [1.29, 1.82) is 0 Å². The molecule has 0 aliphatic rings. The molecule has 132 valence electrons. The van der Waals surface area contributed by atoms with Crippen molar-refractivity contribution in [2.45, 2.75) is 5.16 Å². The fraction of sp³-hybridized carbons (Fsp3) is 0.211. The lowest BCUT2D eigenvalue weighted by atomic mass is 10.2. The first kappa shape index (κ1) is 16.8. The monoisotopic (exact) mass is 365 g/mol. The maximum absolute atomic E-state index is 13.1. The van der Waals surface area contributed by atoms with E-state index >= 15 is 0 Å². The normalized spacial score (nSPS) is 11.7. The summed E-state index contributed by atoms with van der Waals surface area (Å²) in [4.78, 5) is 15.3. The average Bonchev–Trinajstić information content (AvgIpc) is 3.06. The minimum Gasteiger partial charge on any atom is -0.309 e. The van der Waals surface area contributed by atoms with Crippen LogP contribution in [0.25, 0.3) is 22.4 Å². The van der Waals surface area contributed by atoms with Crippen molar-refractivity contribution < 1.29 is 0 Å². The Bertz CT molecular complexity index is 1120. The van der Waals surface area contributed by atoms with Gasteiger partial charge in [0, 0.05) is 12.3 Å². The maximum Gasteiger partial charge on any atom is 0.267 e. The summed E-state index contributed by atoms with van der Waals surface area (Å²) in [5.74, 6) is 1.43. The van der Waals surface area contributed by atoms with Gasteiger partial charge in [0.1, 0.15) is 0 Å². The molecule has 0 saturated carbocycles. The van der Waals surface area contributed by atoms with E-state index in [2.05, 4.69) is 15.1 Å².